The number of amides is 1. The summed E-state index contributed by atoms with van der Waals surface area (Å²) >= 11 is 3.85. The smallest absolute Gasteiger partial charge is 0.240 e. The average Bonchev–Trinajstić information content (AvgIpc) is 3.10. The second kappa shape index (κ2) is 9.35. The van der Waals surface area contributed by atoms with E-state index in [1.54, 1.807) is 11.8 Å². The summed E-state index contributed by atoms with van der Waals surface area (Å²) in [5.74, 6) is 0.217. The molecule has 2 aromatic carbocycles. The van der Waals surface area contributed by atoms with Crippen molar-refractivity contribution in [1.29, 1.82) is 0 Å². The minimum Gasteiger partial charge on any atom is -0.342 e. The van der Waals surface area contributed by atoms with Gasteiger partial charge in [0.2, 0.25) is 5.91 Å². The number of carbonyl (C=O) groups excluding carboxylic acids is 1. The van der Waals surface area contributed by atoms with Crippen LogP contribution in [-0.4, -0.2) is 33.4 Å². The molecule has 5 heteroatoms. The molecule has 1 unspecified atom stereocenters. The van der Waals surface area contributed by atoms with Crippen molar-refractivity contribution in [3.05, 3.63) is 54.1 Å². The molecule has 28 heavy (non-hydrogen) atoms. The van der Waals surface area contributed by atoms with E-state index in [-0.39, 0.29) is 11.2 Å². The Kier molecular flexibility index (Phi) is 7.10. The van der Waals surface area contributed by atoms with Crippen LogP contribution in [0.25, 0.3) is 22.2 Å². The van der Waals surface area contributed by atoms with Gasteiger partial charge in [-0.2, -0.15) is 0 Å². The van der Waals surface area contributed by atoms with Crippen LogP contribution in [0.5, 0.6) is 0 Å². The van der Waals surface area contributed by atoms with Crippen molar-refractivity contribution in [3.63, 3.8) is 0 Å². The highest BCUT2D eigenvalue weighted by atomic mass is 127. The van der Waals surface area contributed by atoms with Crippen LogP contribution in [0.4, 0.5) is 0 Å². The standard InChI is InChI=1S/C22H24N2OS.CH3I/c1-4-23(5-2)22(25)21-19-15-11-7-9-13-17(15)24(6-3)20(19)16-12-8-10-14-18(16)26-21;1-2/h7-14,21H,4-6H2,1-3H3;1H3. The van der Waals surface area contributed by atoms with Gasteiger partial charge in [0.15, 0.2) is 0 Å². The van der Waals surface area contributed by atoms with Crippen molar-refractivity contribution < 1.29 is 4.79 Å². The summed E-state index contributed by atoms with van der Waals surface area (Å²) in [6, 6.07) is 17.0. The SMILES string of the molecule is CCN(CC)C(=O)C1Sc2ccccc2-c2c1c1ccccc1n2CC.CI. The van der Waals surface area contributed by atoms with Crippen LogP contribution in [-0.2, 0) is 11.3 Å². The van der Waals surface area contributed by atoms with Crippen molar-refractivity contribution in [2.75, 3.05) is 18.0 Å². The van der Waals surface area contributed by atoms with Crippen LogP contribution in [0.2, 0.25) is 0 Å². The summed E-state index contributed by atoms with van der Waals surface area (Å²) in [5, 5.41) is 1.02. The van der Waals surface area contributed by atoms with Gasteiger partial charge in [-0.15, -0.1) is 11.8 Å². The van der Waals surface area contributed by atoms with Gasteiger partial charge < -0.3 is 9.47 Å². The number of thioether (sulfide) groups is 1. The van der Waals surface area contributed by atoms with Gasteiger partial charge in [0.05, 0.1) is 5.69 Å². The van der Waals surface area contributed by atoms with E-state index in [0.717, 1.165) is 19.6 Å². The fourth-order valence-electron chi connectivity index (χ4n) is 4.04. The lowest BCUT2D eigenvalue weighted by molar-refractivity contribution is -0.130. The van der Waals surface area contributed by atoms with Gasteiger partial charge >= 0.3 is 0 Å². The number of benzene rings is 2. The van der Waals surface area contributed by atoms with Crippen molar-refractivity contribution in [2.24, 2.45) is 0 Å². The molecule has 0 N–H and O–H groups in total. The van der Waals surface area contributed by atoms with E-state index >= 15 is 0 Å². The maximum absolute atomic E-state index is 13.4. The third-order valence-corrected chi connectivity index (χ3v) is 6.56. The van der Waals surface area contributed by atoms with Gasteiger partial charge in [-0.25, -0.2) is 0 Å². The van der Waals surface area contributed by atoms with E-state index < -0.39 is 0 Å². The molecule has 3 aromatic rings. The zero-order valence-corrected chi connectivity index (χ0v) is 19.9. The third-order valence-electron chi connectivity index (χ3n) is 5.27. The lowest BCUT2D eigenvalue weighted by atomic mass is 10.0. The number of fused-ring (bicyclic) bond motifs is 5. The van der Waals surface area contributed by atoms with E-state index in [0.29, 0.717) is 0 Å². The molecule has 148 valence electrons. The van der Waals surface area contributed by atoms with Crippen LogP contribution >= 0.6 is 34.4 Å². The predicted molar refractivity (Wildman–Crippen MR) is 130 cm³/mol. The summed E-state index contributed by atoms with van der Waals surface area (Å²) in [6.07, 6.45) is 0. The third kappa shape index (κ3) is 3.47. The number of hydrogen-bond donors (Lipinski definition) is 0. The van der Waals surface area contributed by atoms with E-state index in [2.05, 4.69) is 96.5 Å². The number of para-hydroxylation sites is 1. The molecule has 1 atom stereocenters. The molecule has 4 rings (SSSR count). The molecule has 0 spiro atoms. The summed E-state index contributed by atoms with van der Waals surface area (Å²) in [7, 11) is 0. The normalized spacial score (nSPS) is 14.7. The second-order valence-electron chi connectivity index (χ2n) is 6.53. The highest BCUT2D eigenvalue weighted by Gasteiger charge is 2.36. The topological polar surface area (TPSA) is 25.2 Å². The number of carbonyl (C=O) groups is 1. The molecule has 2 heterocycles. The summed E-state index contributed by atoms with van der Waals surface area (Å²) in [6.45, 7) is 8.67. The zero-order valence-electron chi connectivity index (χ0n) is 16.9. The van der Waals surface area contributed by atoms with Gasteiger partial charge in [0, 0.05) is 46.6 Å². The maximum atomic E-state index is 13.4. The number of aromatic nitrogens is 1. The molecule has 3 nitrogen and oxygen atoms in total. The molecule has 0 aliphatic carbocycles. The first-order valence-electron chi connectivity index (χ1n) is 9.74. The van der Waals surface area contributed by atoms with Gasteiger partial charge in [-0.3, -0.25) is 4.79 Å². The summed E-state index contributed by atoms with van der Waals surface area (Å²) in [4.78, 5) is 18.5. The monoisotopic (exact) mass is 506 g/mol. The van der Waals surface area contributed by atoms with Crippen LogP contribution < -0.4 is 0 Å². The molecule has 1 amide bonds. The van der Waals surface area contributed by atoms with Crippen molar-refractivity contribution in [1.82, 2.24) is 9.47 Å². The Labute approximate surface area is 185 Å². The quantitative estimate of drug-likeness (QED) is 0.303. The molecular formula is C23H27IN2OS. The lowest BCUT2D eigenvalue weighted by Crippen LogP contribution is -2.34. The Hall–Kier alpha value is -1.47. The van der Waals surface area contributed by atoms with Crippen molar-refractivity contribution in [3.8, 4) is 11.3 Å². The molecule has 0 fully saturated rings. The average molecular weight is 506 g/mol. The van der Waals surface area contributed by atoms with Crippen LogP contribution in [0.3, 0.4) is 0 Å². The number of alkyl halides is 1. The fraction of sp³-hybridized carbons (Fsp3) is 0.348. The number of hydrogen-bond acceptors (Lipinski definition) is 2. The lowest BCUT2D eigenvalue weighted by Gasteiger charge is -2.29. The maximum Gasteiger partial charge on any atom is 0.240 e. The Morgan fingerprint density at radius 3 is 2.36 bits per heavy atom. The number of aryl methyl sites for hydroxylation is 1. The molecule has 1 aromatic heterocycles. The predicted octanol–water partition coefficient (Wildman–Crippen LogP) is 6.39. The Balaban J connectivity index is 0.00000109. The number of likely N-dealkylation sites (N-methyl/N-ethyl adjacent to an activating group) is 1. The van der Waals surface area contributed by atoms with Crippen LogP contribution in [0, 0.1) is 0 Å². The Morgan fingerprint density at radius 1 is 1.04 bits per heavy atom. The van der Waals surface area contributed by atoms with Gasteiger partial charge in [-0.05, 0) is 37.8 Å². The summed E-state index contributed by atoms with van der Waals surface area (Å²) < 4.78 is 2.37. The zero-order chi connectivity index (χ0) is 20.3. The van der Waals surface area contributed by atoms with Gasteiger partial charge in [0.1, 0.15) is 5.25 Å². The second-order valence-corrected chi connectivity index (χ2v) is 7.68. The first-order chi connectivity index (χ1) is 13.7. The largest absolute Gasteiger partial charge is 0.342 e. The van der Waals surface area contributed by atoms with E-state index in [4.69, 9.17) is 0 Å². The molecule has 0 saturated carbocycles. The molecule has 1 aliphatic rings. The molecule has 1 aliphatic heterocycles. The minimum absolute atomic E-state index is 0.183. The van der Waals surface area contributed by atoms with Crippen LogP contribution in [0.1, 0.15) is 31.6 Å². The molecule has 0 radical (unpaired) electrons. The van der Waals surface area contributed by atoms with Crippen molar-refractivity contribution in [2.45, 2.75) is 37.5 Å². The van der Waals surface area contributed by atoms with Crippen molar-refractivity contribution >= 4 is 51.2 Å². The molecule has 0 saturated heterocycles. The number of rotatable bonds is 4. The van der Waals surface area contributed by atoms with E-state index in [9.17, 15) is 4.79 Å². The minimum atomic E-state index is -0.183. The highest BCUT2D eigenvalue weighted by Crippen LogP contribution is 2.53. The first-order valence-corrected chi connectivity index (χ1v) is 12.8. The fourth-order valence-corrected chi connectivity index (χ4v) is 5.35. The number of halogens is 1. The first kappa shape index (κ1) is 21.2. The van der Waals surface area contributed by atoms with Crippen LogP contribution in [0.15, 0.2) is 53.4 Å². The molecular weight excluding hydrogens is 479 g/mol. The summed E-state index contributed by atoms with van der Waals surface area (Å²) in [5.41, 5.74) is 4.86. The highest BCUT2D eigenvalue weighted by molar-refractivity contribution is 14.1. The number of nitrogens with zero attached hydrogens (tertiary/aromatic N) is 2. The van der Waals surface area contributed by atoms with E-state index in [1.807, 2.05) is 9.83 Å². The Bertz CT molecular complexity index is 978. The van der Waals surface area contributed by atoms with Gasteiger partial charge in [-0.1, -0.05) is 59.0 Å². The van der Waals surface area contributed by atoms with E-state index in [1.165, 1.54) is 32.6 Å². The Morgan fingerprint density at radius 2 is 1.68 bits per heavy atom. The molecule has 0 bridgehead atoms. The van der Waals surface area contributed by atoms with Gasteiger partial charge in [0.25, 0.3) is 0 Å².